The van der Waals surface area contributed by atoms with Crippen molar-refractivity contribution in [1.82, 2.24) is 20.4 Å². The van der Waals surface area contributed by atoms with E-state index in [1.165, 1.54) is 0 Å². The monoisotopic (exact) mass is 344 g/mol. The number of amides is 1. The van der Waals surface area contributed by atoms with Crippen molar-refractivity contribution in [2.45, 2.75) is 25.8 Å². The first-order valence-electron chi connectivity index (χ1n) is 8.62. The van der Waals surface area contributed by atoms with Crippen LogP contribution in [0.1, 0.15) is 47.7 Å². The summed E-state index contributed by atoms with van der Waals surface area (Å²) in [6.45, 7) is 7.49. The first-order chi connectivity index (χ1) is 12.1. The standard InChI is InChI=1S/C18H24N4O3/c1-13(2)15-11-17(25-21-15)18(23)20-12-16(14-5-3-4-6-19-14)22-7-9-24-10-8-22/h3-6,11,13,16H,7-10,12H2,1-2H3,(H,20,23)/t16-/m1/s1. The highest BCUT2D eigenvalue weighted by atomic mass is 16.5. The maximum absolute atomic E-state index is 12.4. The smallest absolute Gasteiger partial charge is 0.289 e. The van der Waals surface area contributed by atoms with Gasteiger partial charge in [0.2, 0.25) is 5.76 Å². The Kier molecular flexibility index (Phi) is 5.78. The van der Waals surface area contributed by atoms with Crippen LogP contribution in [-0.2, 0) is 4.74 Å². The molecule has 1 saturated heterocycles. The third kappa shape index (κ3) is 4.43. The summed E-state index contributed by atoms with van der Waals surface area (Å²) < 4.78 is 10.6. The topological polar surface area (TPSA) is 80.5 Å². The van der Waals surface area contributed by atoms with Crippen molar-refractivity contribution in [3.8, 4) is 0 Å². The molecular formula is C18H24N4O3. The van der Waals surface area contributed by atoms with Gasteiger partial charge in [-0.05, 0) is 18.1 Å². The predicted octanol–water partition coefficient (Wildman–Crippen LogP) is 2.00. The van der Waals surface area contributed by atoms with Crippen LogP contribution in [0.15, 0.2) is 35.0 Å². The second-order valence-electron chi connectivity index (χ2n) is 6.40. The van der Waals surface area contributed by atoms with E-state index < -0.39 is 0 Å². The van der Waals surface area contributed by atoms with Crippen LogP contribution in [0.25, 0.3) is 0 Å². The zero-order chi connectivity index (χ0) is 17.6. The molecule has 0 bridgehead atoms. The second-order valence-corrected chi connectivity index (χ2v) is 6.40. The fourth-order valence-electron chi connectivity index (χ4n) is 2.83. The predicted molar refractivity (Wildman–Crippen MR) is 92.3 cm³/mol. The summed E-state index contributed by atoms with van der Waals surface area (Å²) in [6, 6.07) is 7.53. The lowest BCUT2D eigenvalue weighted by atomic mass is 10.1. The van der Waals surface area contributed by atoms with Crippen LogP contribution in [0.4, 0.5) is 0 Å². The molecule has 1 aliphatic heterocycles. The van der Waals surface area contributed by atoms with E-state index in [1.54, 1.807) is 12.3 Å². The Morgan fingerprint density at radius 2 is 2.08 bits per heavy atom. The fraction of sp³-hybridized carbons (Fsp3) is 0.500. The van der Waals surface area contributed by atoms with Crippen LogP contribution >= 0.6 is 0 Å². The molecule has 1 fully saturated rings. The summed E-state index contributed by atoms with van der Waals surface area (Å²) >= 11 is 0. The number of nitrogens with zero attached hydrogens (tertiary/aromatic N) is 3. The average molecular weight is 344 g/mol. The van der Waals surface area contributed by atoms with Gasteiger partial charge in [0.25, 0.3) is 5.91 Å². The average Bonchev–Trinajstić information content (AvgIpc) is 3.14. The largest absolute Gasteiger partial charge is 0.379 e. The van der Waals surface area contributed by atoms with Gasteiger partial charge in [0, 0.05) is 31.9 Å². The van der Waals surface area contributed by atoms with Gasteiger partial charge < -0.3 is 14.6 Å². The van der Waals surface area contributed by atoms with E-state index in [-0.39, 0.29) is 23.6 Å². The number of carbonyl (C=O) groups is 1. The first kappa shape index (κ1) is 17.6. The SMILES string of the molecule is CC(C)c1cc(C(=O)NC[C@H](c2ccccn2)N2CCOCC2)on1. The minimum absolute atomic E-state index is 0.00143. The van der Waals surface area contributed by atoms with E-state index in [9.17, 15) is 4.79 Å². The van der Waals surface area contributed by atoms with E-state index in [2.05, 4.69) is 20.4 Å². The van der Waals surface area contributed by atoms with Gasteiger partial charge in [0.1, 0.15) is 0 Å². The summed E-state index contributed by atoms with van der Waals surface area (Å²) in [6.07, 6.45) is 1.77. The highest BCUT2D eigenvalue weighted by Gasteiger charge is 2.25. The number of ether oxygens (including phenoxy) is 1. The first-order valence-corrected chi connectivity index (χ1v) is 8.62. The molecule has 134 valence electrons. The van der Waals surface area contributed by atoms with Gasteiger partial charge in [-0.3, -0.25) is 14.7 Å². The van der Waals surface area contributed by atoms with Gasteiger partial charge in [-0.25, -0.2) is 0 Å². The molecule has 7 heteroatoms. The second kappa shape index (κ2) is 8.22. The zero-order valence-corrected chi connectivity index (χ0v) is 14.6. The minimum atomic E-state index is -0.256. The van der Waals surface area contributed by atoms with Gasteiger partial charge in [-0.1, -0.05) is 25.1 Å². The lowest BCUT2D eigenvalue weighted by molar-refractivity contribution is 0.0153. The molecule has 0 spiro atoms. The van der Waals surface area contributed by atoms with Crippen molar-refractivity contribution >= 4 is 5.91 Å². The number of nitrogens with one attached hydrogen (secondary N) is 1. The Bertz CT molecular complexity index is 681. The zero-order valence-electron chi connectivity index (χ0n) is 14.6. The molecule has 1 N–H and O–H groups in total. The van der Waals surface area contributed by atoms with Gasteiger partial charge in [-0.15, -0.1) is 0 Å². The fourth-order valence-corrected chi connectivity index (χ4v) is 2.83. The molecular weight excluding hydrogens is 320 g/mol. The van der Waals surface area contributed by atoms with Crippen molar-refractivity contribution in [2.24, 2.45) is 0 Å². The summed E-state index contributed by atoms with van der Waals surface area (Å²) in [5.74, 6) is 0.207. The Labute approximate surface area is 147 Å². The summed E-state index contributed by atoms with van der Waals surface area (Å²) in [4.78, 5) is 19.1. The highest BCUT2D eigenvalue weighted by Crippen LogP contribution is 2.20. The van der Waals surface area contributed by atoms with Crippen LogP contribution in [0.2, 0.25) is 0 Å². The van der Waals surface area contributed by atoms with Crippen molar-refractivity contribution < 1.29 is 14.1 Å². The number of pyridine rings is 1. The molecule has 3 heterocycles. The van der Waals surface area contributed by atoms with Crippen LogP contribution in [0.5, 0.6) is 0 Å². The quantitative estimate of drug-likeness (QED) is 0.863. The van der Waals surface area contributed by atoms with Crippen LogP contribution < -0.4 is 5.32 Å². The number of aromatic nitrogens is 2. The molecule has 0 radical (unpaired) electrons. The number of hydrogen-bond acceptors (Lipinski definition) is 6. The number of morpholine rings is 1. The molecule has 25 heavy (non-hydrogen) atoms. The summed E-state index contributed by atoms with van der Waals surface area (Å²) in [5, 5.41) is 6.89. The number of rotatable bonds is 6. The highest BCUT2D eigenvalue weighted by molar-refractivity contribution is 5.91. The molecule has 0 aromatic carbocycles. The molecule has 2 aromatic heterocycles. The van der Waals surface area contributed by atoms with Crippen molar-refractivity contribution in [1.29, 1.82) is 0 Å². The lowest BCUT2D eigenvalue weighted by Crippen LogP contribution is -2.44. The molecule has 0 unspecified atom stereocenters. The third-order valence-electron chi connectivity index (χ3n) is 4.32. The molecule has 2 aromatic rings. The Morgan fingerprint density at radius 3 is 2.72 bits per heavy atom. The molecule has 0 saturated carbocycles. The van der Waals surface area contributed by atoms with E-state index in [4.69, 9.17) is 9.26 Å². The van der Waals surface area contributed by atoms with E-state index in [1.807, 2.05) is 32.0 Å². The molecule has 1 atom stereocenters. The molecule has 0 aliphatic carbocycles. The normalized spacial score (nSPS) is 16.8. The molecule has 7 nitrogen and oxygen atoms in total. The van der Waals surface area contributed by atoms with Crippen LogP contribution in [-0.4, -0.2) is 53.8 Å². The van der Waals surface area contributed by atoms with Crippen molar-refractivity contribution in [2.75, 3.05) is 32.8 Å². The summed E-state index contributed by atoms with van der Waals surface area (Å²) in [5.41, 5.74) is 1.71. The van der Waals surface area contributed by atoms with E-state index in [0.717, 1.165) is 24.5 Å². The number of hydrogen-bond donors (Lipinski definition) is 1. The summed E-state index contributed by atoms with van der Waals surface area (Å²) in [7, 11) is 0. The van der Waals surface area contributed by atoms with Crippen LogP contribution in [0.3, 0.4) is 0 Å². The lowest BCUT2D eigenvalue weighted by Gasteiger charge is -2.34. The minimum Gasteiger partial charge on any atom is -0.379 e. The van der Waals surface area contributed by atoms with Gasteiger partial charge >= 0.3 is 0 Å². The van der Waals surface area contributed by atoms with Crippen molar-refractivity contribution in [3.05, 3.63) is 47.6 Å². The molecule has 1 amide bonds. The Morgan fingerprint density at radius 1 is 1.28 bits per heavy atom. The van der Waals surface area contributed by atoms with Gasteiger partial charge in [-0.2, -0.15) is 0 Å². The van der Waals surface area contributed by atoms with Gasteiger partial charge in [0.05, 0.1) is 30.6 Å². The van der Waals surface area contributed by atoms with E-state index in [0.29, 0.717) is 19.8 Å². The Hall–Kier alpha value is -2.25. The number of carbonyl (C=O) groups excluding carboxylic acids is 1. The molecule has 3 rings (SSSR count). The van der Waals surface area contributed by atoms with Crippen LogP contribution in [0, 0.1) is 0 Å². The Balaban J connectivity index is 1.68. The van der Waals surface area contributed by atoms with E-state index >= 15 is 0 Å². The molecule has 1 aliphatic rings. The van der Waals surface area contributed by atoms with Gasteiger partial charge in [0.15, 0.2) is 0 Å². The maximum atomic E-state index is 12.4. The maximum Gasteiger partial charge on any atom is 0.289 e. The third-order valence-corrected chi connectivity index (χ3v) is 4.32. The van der Waals surface area contributed by atoms with Crippen molar-refractivity contribution in [3.63, 3.8) is 0 Å².